The van der Waals surface area contributed by atoms with Crippen LogP contribution in [-0.4, -0.2) is 31.1 Å². The number of carbonyl (C=O) groups excluding carboxylic acids is 1. The molecule has 1 aliphatic carbocycles. The summed E-state index contributed by atoms with van der Waals surface area (Å²) in [6, 6.07) is 3.66. The molecule has 0 spiro atoms. The second-order valence-electron chi connectivity index (χ2n) is 11.5. The van der Waals surface area contributed by atoms with E-state index in [2.05, 4.69) is 47.3 Å². The number of phenols is 2. The number of allylic oxidation sites excluding steroid dienone is 3. The molecule has 0 amide bonds. The summed E-state index contributed by atoms with van der Waals surface area (Å²) in [7, 11) is -1.89. The maximum atomic E-state index is 10.5. The number of aromatic hydroxyl groups is 2. The van der Waals surface area contributed by atoms with Gasteiger partial charge in [0.15, 0.2) is 8.32 Å². The Balaban J connectivity index is 0.000000434. The Labute approximate surface area is 214 Å². The van der Waals surface area contributed by atoms with Crippen molar-refractivity contribution in [2.75, 3.05) is 6.61 Å². The number of phenolic OH excluding ortho intramolecular Hbond substituents is 2. The zero-order chi connectivity index (χ0) is 27.0. The number of aliphatic carboxylic acids is 1. The van der Waals surface area contributed by atoms with Crippen molar-refractivity contribution in [3.05, 3.63) is 47.1 Å². The zero-order valence-corrected chi connectivity index (χ0v) is 24.2. The van der Waals surface area contributed by atoms with Crippen molar-refractivity contribution in [1.82, 2.24) is 0 Å². The van der Waals surface area contributed by atoms with Gasteiger partial charge in [0.25, 0.3) is 0 Å². The molecular weight excluding hydrogens is 456 g/mol. The SMILES string of the molecule is C=C(C)[C@@H]1CCC(C)=C[C@H]1c1c(O)cc(CCCCC)cc1O.CC(C)(C)[Si](C)(C)OCC(=O)[O-]. The van der Waals surface area contributed by atoms with Crippen LogP contribution in [0.3, 0.4) is 0 Å². The molecule has 6 heteroatoms. The fraction of sp³-hybridized carbons (Fsp3) is 0.621. The van der Waals surface area contributed by atoms with Gasteiger partial charge in [0.2, 0.25) is 0 Å². The highest BCUT2D eigenvalue weighted by Gasteiger charge is 2.37. The largest absolute Gasteiger partial charge is 0.548 e. The third kappa shape index (κ3) is 9.49. The van der Waals surface area contributed by atoms with E-state index in [-0.39, 0.29) is 35.0 Å². The van der Waals surface area contributed by atoms with E-state index in [4.69, 9.17) is 4.43 Å². The molecule has 5 nitrogen and oxygen atoms in total. The van der Waals surface area contributed by atoms with Gasteiger partial charge < -0.3 is 24.5 Å². The van der Waals surface area contributed by atoms with Crippen LogP contribution >= 0.6 is 0 Å². The Morgan fingerprint density at radius 1 is 1.20 bits per heavy atom. The predicted molar refractivity (Wildman–Crippen MR) is 145 cm³/mol. The molecule has 1 aromatic carbocycles. The van der Waals surface area contributed by atoms with Gasteiger partial charge in [-0.05, 0) is 81.3 Å². The smallest absolute Gasteiger partial charge is 0.192 e. The molecule has 0 radical (unpaired) electrons. The van der Waals surface area contributed by atoms with Crippen molar-refractivity contribution in [2.24, 2.45) is 5.92 Å². The normalized spacial score (nSPS) is 18.3. The first-order valence-electron chi connectivity index (χ1n) is 12.8. The lowest BCUT2D eigenvalue weighted by atomic mass is 9.73. The molecule has 0 unspecified atom stereocenters. The van der Waals surface area contributed by atoms with Gasteiger partial charge in [-0.25, -0.2) is 0 Å². The third-order valence-corrected chi connectivity index (χ3v) is 11.8. The fourth-order valence-electron chi connectivity index (χ4n) is 4.11. The number of rotatable bonds is 9. The Kier molecular flexibility index (Phi) is 11.8. The molecule has 2 N–H and O–H groups in total. The number of aryl methyl sites for hydroxylation is 1. The number of hydrogen-bond acceptors (Lipinski definition) is 5. The molecule has 0 saturated carbocycles. The molecule has 0 aliphatic heterocycles. The molecule has 35 heavy (non-hydrogen) atoms. The van der Waals surface area contributed by atoms with Gasteiger partial charge in [0, 0.05) is 11.5 Å². The summed E-state index contributed by atoms with van der Waals surface area (Å²) in [5.74, 6) is -0.399. The molecule has 1 aromatic rings. The zero-order valence-electron chi connectivity index (χ0n) is 23.2. The van der Waals surface area contributed by atoms with Crippen LogP contribution in [-0.2, 0) is 15.6 Å². The van der Waals surface area contributed by atoms with E-state index >= 15 is 0 Å². The number of benzene rings is 1. The number of carboxylic acid groups (broad SMARTS) is 1. The van der Waals surface area contributed by atoms with E-state index in [1.165, 1.54) is 18.4 Å². The molecule has 0 bridgehead atoms. The minimum absolute atomic E-state index is 0.0194. The van der Waals surface area contributed by atoms with E-state index < -0.39 is 14.3 Å². The van der Waals surface area contributed by atoms with E-state index in [1.54, 1.807) is 0 Å². The summed E-state index contributed by atoms with van der Waals surface area (Å²) in [5, 5.41) is 31.3. The molecule has 2 atom stereocenters. The van der Waals surface area contributed by atoms with Crippen LogP contribution in [0.5, 0.6) is 11.5 Å². The topological polar surface area (TPSA) is 89.8 Å². The molecule has 2 rings (SSSR count). The highest BCUT2D eigenvalue weighted by molar-refractivity contribution is 6.74. The lowest BCUT2D eigenvalue weighted by Crippen LogP contribution is -2.44. The highest BCUT2D eigenvalue weighted by Crippen LogP contribution is 2.46. The first kappa shape index (κ1) is 31.0. The molecule has 198 valence electrons. The van der Waals surface area contributed by atoms with Crippen molar-refractivity contribution >= 4 is 14.3 Å². The standard InChI is InChI=1S/C21H30O2.C8H18O3Si/c1-5-6-7-8-16-12-19(22)21(20(23)13-16)18-11-15(4)9-10-17(18)14(2)3;1-8(2,3)12(4,5)11-6-7(9)10/h11-13,17-18,22-23H,2,5-10H2,1,3-4H3;6H2,1-5H3,(H,9,10)/p-1/t17-,18+;/m0./s1. The number of carbonyl (C=O) groups is 1. The van der Waals surface area contributed by atoms with Gasteiger partial charge in [-0.3, -0.25) is 0 Å². The Bertz CT molecular complexity index is 872. The van der Waals surface area contributed by atoms with Crippen LogP contribution < -0.4 is 5.11 Å². The van der Waals surface area contributed by atoms with Crippen LogP contribution in [0, 0.1) is 5.92 Å². The number of unbranched alkanes of at least 4 members (excludes halogenated alkanes) is 2. The first-order valence-corrected chi connectivity index (χ1v) is 15.7. The summed E-state index contributed by atoms with van der Waals surface area (Å²) < 4.78 is 5.33. The van der Waals surface area contributed by atoms with Gasteiger partial charge in [-0.15, -0.1) is 0 Å². The van der Waals surface area contributed by atoms with Crippen molar-refractivity contribution in [1.29, 1.82) is 0 Å². The van der Waals surface area contributed by atoms with E-state index in [9.17, 15) is 20.1 Å². The molecule has 0 aromatic heterocycles. The van der Waals surface area contributed by atoms with Gasteiger partial charge in [-0.2, -0.15) is 0 Å². The molecule has 1 aliphatic rings. The lowest BCUT2D eigenvalue weighted by molar-refractivity contribution is -0.307. The van der Waals surface area contributed by atoms with E-state index in [0.717, 1.165) is 36.8 Å². The average molecular weight is 504 g/mol. The van der Waals surface area contributed by atoms with E-state index in [1.807, 2.05) is 32.2 Å². The fourth-order valence-corrected chi connectivity index (χ4v) is 5.02. The van der Waals surface area contributed by atoms with Gasteiger partial charge >= 0.3 is 0 Å². The second kappa shape index (κ2) is 13.3. The second-order valence-corrected chi connectivity index (χ2v) is 16.3. The number of hydrogen-bond donors (Lipinski definition) is 2. The quantitative estimate of drug-likeness (QED) is 0.225. The highest BCUT2D eigenvalue weighted by atomic mass is 28.4. The minimum atomic E-state index is -1.89. The van der Waals surface area contributed by atoms with Crippen molar-refractivity contribution in [3.63, 3.8) is 0 Å². The Morgan fingerprint density at radius 3 is 2.23 bits per heavy atom. The van der Waals surface area contributed by atoms with Gasteiger partial charge in [0.05, 0.1) is 12.6 Å². The summed E-state index contributed by atoms with van der Waals surface area (Å²) in [5.41, 5.74) is 4.11. The first-order chi connectivity index (χ1) is 16.1. The molecule has 0 heterocycles. The van der Waals surface area contributed by atoms with Crippen LogP contribution in [0.25, 0.3) is 0 Å². The average Bonchev–Trinajstić information content (AvgIpc) is 2.71. The lowest BCUT2D eigenvalue weighted by Gasteiger charge is -2.36. The minimum Gasteiger partial charge on any atom is -0.548 e. The molecule has 0 fully saturated rings. The Morgan fingerprint density at radius 2 is 1.77 bits per heavy atom. The van der Waals surface area contributed by atoms with Gasteiger partial charge in [0.1, 0.15) is 11.5 Å². The summed E-state index contributed by atoms with van der Waals surface area (Å²) >= 11 is 0. The molecular formula is C29H47O5Si-. The van der Waals surface area contributed by atoms with E-state index in [0.29, 0.717) is 5.56 Å². The summed E-state index contributed by atoms with van der Waals surface area (Å²) in [6.45, 7) is 20.4. The van der Waals surface area contributed by atoms with Crippen molar-refractivity contribution in [2.45, 2.75) is 104 Å². The predicted octanol–water partition coefficient (Wildman–Crippen LogP) is 6.60. The van der Waals surface area contributed by atoms with Crippen LogP contribution in [0.4, 0.5) is 0 Å². The third-order valence-electron chi connectivity index (χ3n) is 7.34. The van der Waals surface area contributed by atoms with Crippen molar-refractivity contribution < 1.29 is 24.5 Å². The summed E-state index contributed by atoms with van der Waals surface area (Å²) in [6.07, 6.45) is 8.61. The van der Waals surface area contributed by atoms with Crippen LogP contribution in [0.15, 0.2) is 35.9 Å². The van der Waals surface area contributed by atoms with Gasteiger partial charge in [-0.1, -0.05) is 64.3 Å². The maximum absolute atomic E-state index is 10.5. The monoisotopic (exact) mass is 503 g/mol. The van der Waals surface area contributed by atoms with Crippen LogP contribution in [0.2, 0.25) is 18.1 Å². The number of carboxylic acids is 1. The molecule has 0 saturated heterocycles. The maximum Gasteiger partial charge on any atom is 0.192 e. The summed E-state index contributed by atoms with van der Waals surface area (Å²) in [4.78, 5) is 10.2. The van der Waals surface area contributed by atoms with Crippen LogP contribution in [0.1, 0.15) is 90.7 Å². The Hall–Kier alpha value is -2.05. The van der Waals surface area contributed by atoms with Crippen molar-refractivity contribution in [3.8, 4) is 11.5 Å².